The molecule has 0 aliphatic heterocycles. The minimum Gasteiger partial charge on any atom is -0.497 e. The molecule has 0 fully saturated rings. The number of nitrogens with zero attached hydrogens (tertiary/aromatic N) is 1. The van der Waals surface area contributed by atoms with E-state index in [9.17, 15) is 4.79 Å². The van der Waals surface area contributed by atoms with Crippen LogP contribution in [0, 0.1) is 0 Å². The number of benzene rings is 2. The van der Waals surface area contributed by atoms with E-state index in [1.807, 2.05) is 30.3 Å². The van der Waals surface area contributed by atoms with Crippen molar-refractivity contribution in [2.45, 2.75) is 0 Å². The predicted molar refractivity (Wildman–Crippen MR) is 84.9 cm³/mol. The van der Waals surface area contributed by atoms with Gasteiger partial charge in [0, 0.05) is 38.1 Å². The van der Waals surface area contributed by atoms with Crippen LogP contribution in [0.4, 0.5) is 0 Å². The van der Waals surface area contributed by atoms with E-state index in [0.29, 0.717) is 16.9 Å². The van der Waals surface area contributed by atoms with Gasteiger partial charge in [-0.05, 0) is 28.1 Å². The molecule has 0 spiro atoms. The quantitative estimate of drug-likeness (QED) is 0.521. The Balaban J connectivity index is 2.24. The number of halogens is 1. The number of fused-ring (bicyclic) bond motifs is 2. The van der Waals surface area contributed by atoms with Crippen LogP contribution in [0.15, 0.2) is 47.1 Å². The van der Waals surface area contributed by atoms with Gasteiger partial charge in [-0.1, -0.05) is 24.3 Å². The molecule has 0 atom stereocenters. The van der Waals surface area contributed by atoms with Crippen molar-refractivity contribution in [3.05, 3.63) is 58.2 Å². The SMILES string of the molecule is COc1cc2c3c(ncc(Br)c3c1)-c1ccccc1C2=O. The van der Waals surface area contributed by atoms with Crippen LogP contribution in [0.5, 0.6) is 5.75 Å². The van der Waals surface area contributed by atoms with Gasteiger partial charge in [-0.25, -0.2) is 0 Å². The van der Waals surface area contributed by atoms with Gasteiger partial charge in [0.05, 0.1) is 12.8 Å². The highest BCUT2D eigenvalue weighted by atomic mass is 79.9. The summed E-state index contributed by atoms with van der Waals surface area (Å²) in [6.07, 6.45) is 1.77. The monoisotopic (exact) mass is 339 g/mol. The Morgan fingerprint density at radius 2 is 1.86 bits per heavy atom. The summed E-state index contributed by atoms with van der Waals surface area (Å²) in [5, 5.41) is 1.83. The molecule has 102 valence electrons. The van der Waals surface area contributed by atoms with Crippen molar-refractivity contribution in [1.29, 1.82) is 0 Å². The molecule has 0 N–H and O–H groups in total. The number of hydrogen-bond donors (Lipinski definition) is 0. The molecular weight excluding hydrogens is 330 g/mol. The summed E-state index contributed by atoms with van der Waals surface area (Å²) >= 11 is 3.51. The molecule has 1 aliphatic rings. The maximum atomic E-state index is 12.8. The highest BCUT2D eigenvalue weighted by Gasteiger charge is 2.27. The number of rotatable bonds is 1. The molecule has 0 saturated heterocycles. The Labute approximate surface area is 129 Å². The second-order valence-electron chi connectivity index (χ2n) is 4.93. The molecule has 4 rings (SSSR count). The Morgan fingerprint density at radius 1 is 1.10 bits per heavy atom. The number of pyridine rings is 1. The maximum Gasteiger partial charge on any atom is 0.194 e. The molecule has 0 bridgehead atoms. The lowest BCUT2D eigenvalue weighted by Gasteiger charge is -2.20. The zero-order valence-corrected chi connectivity index (χ0v) is 12.8. The van der Waals surface area contributed by atoms with Crippen LogP contribution in [0.2, 0.25) is 0 Å². The molecule has 21 heavy (non-hydrogen) atoms. The fourth-order valence-corrected chi connectivity index (χ4v) is 3.26. The molecule has 2 aromatic carbocycles. The van der Waals surface area contributed by atoms with Gasteiger partial charge in [-0.2, -0.15) is 0 Å². The fourth-order valence-electron chi connectivity index (χ4n) is 2.85. The third-order valence-electron chi connectivity index (χ3n) is 3.82. The first-order valence-corrected chi connectivity index (χ1v) is 7.30. The van der Waals surface area contributed by atoms with Crippen molar-refractivity contribution in [3.63, 3.8) is 0 Å². The number of ketones is 1. The Kier molecular flexibility index (Phi) is 2.62. The van der Waals surface area contributed by atoms with Crippen molar-refractivity contribution < 1.29 is 9.53 Å². The minimum atomic E-state index is 0.0156. The van der Waals surface area contributed by atoms with Crippen LogP contribution in [0.3, 0.4) is 0 Å². The highest BCUT2D eigenvalue weighted by molar-refractivity contribution is 9.10. The third kappa shape index (κ3) is 1.66. The minimum absolute atomic E-state index is 0.0156. The number of methoxy groups -OCH3 is 1. The van der Waals surface area contributed by atoms with Gasteiger partial charge in [-0.3, -0.25) is 9.78 Å². The van der Waals surface area contributed by atoms with Crippen molar-refractivity contribution in [2.75, 3.05) is 7.11 Å². The van der Waals surface area contributed by atoms with E-state index in [-0.39, 0.29) is 5.78 Å². The van der Waals surface area contributed by atoms with E-state index in [1.165, 1.54) is 0 Å². The first-order chi connectivity index (χ1) is 10.2. The molecule has 0 amide bonds. The predicted octanol–water partition coefficient (Wildman–Crippen LogP) is 4.22. The van der Waals surface area contributed by atoms with Crippen LogP contribution in [-0.4, -0.2) is 17.9 Å². The Hall–Kier alpha value is -2.20. The van der Waals surface area contributed by atoms with Gasteiger partial charge < -0.3 is 4.74 Å². The summed E-state index contributed by atoms with van der Waals surface area (Å²) < 4.78 is 6.18. The standard InChI is InChI=1S/C17H10BrNO2/c1-21-9-6-12-14(18)8-19-16-10-4-2-3-5-11(10)17(20)13(7-9)15(12)16/h2-8H,1H3. The number of carbonyl (C=O) groups is 1. The van der Waals surface area contributed by atoms with E-state index in [0.717, 1.165) is 26.5 Å². The molecule has 4 heteroatoms. The number of aromatic nitrogens is 1. The summed E-state index contributed by atoms with van der Waals surface area (Å²) in [7, 11) is 1.60. The first-order valence-electron chi connectivity index (χ1n) is 6.51. The van der Waals surface area contributed by atoms with Crippen molar-refractivity contribution in [2.24, 2.45) is 0 Å². The molecule has 1 heterocycles. The van der Waals surface area contributed by atoms with Gasteiger partial charge in [0.2, 0.25) is 0 Å². The smallest absolute Gasteiger partial charge is 0.194 e. The van der Waals surface area contributed by atoms with Gasteiger partial charge in [0.15, 0.2) is 5.78 Å². The molecular formula is C17H10BrNO2. The normalized spacial score (nSPS) is 12.4. The van der Waals surface area contributed by atoms with Gasteiger partial charge in [0.25, 0.3) is 0 Å². The Morgan fingerprint density at radius 3 is 2.62 bits per heavy atom. The molecule has 3 nitrogen and oxygen atoms in total. The summed E-state index contributed by atoms with van der Waals surface area (Å²) in [5.41, 5.74) is 3.07. The van der Waals surface area contributed by atoms with Crippen molar-refractivity contribution in [1.82, 2.24) is 4.98 Å². The lowest BCUT2D eigenvalue weighted by Crippen LogP contribution is -2.11. The Bertz CT molecular complexity index is 918. The van der Waals surface area contributed by atoms with Crippen molar-refractivity contribution >= 4 is 32.5 Å². The summed E-state index contributed by atoms with van der Waals surface area (Å²) in [6, 6.07) is 11.3. The van der Waals surface area contributed by atoms with Gasteiger partial charge in [0.1, 0.15) is 5.75 Å². The third-order valence-corrected chi connectivity index (χ3v) is 4.45. The maximum absolute atomic E-state index is 12.8. The average Bonchev–Trinajstić information content (AvgIpc) is 2.53. The molecule has 1 aromatic heterocycles. The highest BCUT2D eigenvalue weighted by Crippen LogP contribution is 2.41. The van der Waals surface area contributed by atoms with E-state index in [1.54, 1.807) is 19.4 Å². The largest absolute Gasteiger partial charge is 0.497 e. The number of hydrogen-bond acceptors (Lipinski definition) is 3. The zero-order chi connectivity index (χ0) is 14.6. The van der Waals surface area contributed by atoms with Crippen LogP contribution in [-0.2, 0) is 0 Å². The van der Waals surface area contributed by atoms with E-state index >= 15 is 0 Å². The average molecular weight is 340 g/mol. The number of ether oxygens (including phenoxy) is 1. The number of carbonyl (C=O) groups excluding carboxylic acids is 1. The van der Waals surface area contributed by atoms with Crippen LogP contribution < -0.4 is 4.74 Å². The first kappa shape index (κ1) is 12.5. The second kappa shape index (κ2) is 4.40. The summed E-state index contributed by atoms with van der Waals surface area (Å²) in [5.74, 6) is 0.685. The second-order valence-corrected chi connectivity index (χ2v) is 5.78. The topological polar surface area (TPSA) is 39.2 Å². The molecule has 0 unspecified atom stereocenters. The molecule has 3 aromatic rings. The zero-order valence-electron chi connectivity index (χ0n) is 11.2. The van der Waals surface area contributed by atoms with Crippen LogP contribution >= 0.6 is 15.9 Å². The van der Waals surface area contributed by atoms with E-state index in [4.69, 9.17) is 4.74 Å². The summed E-state index contributed by atoms with van der Waals surface area (Å²) in [4.78, 5) is 17.3. The van der Waals surface area contributed by atoms with Crippen LogP contribution in [0.25, 0.3) is 22.0 Å². The van der Waals surface area contributed by atoms with Crippen molar-refractivity contribution in [3.8, 4) is 17.0 Å². The van der Waals surface area contributed by atoms with E-state index < -0.39 is 0 Å². The van der Waals surface area contributed by atoms with E-state index in [2.05, 4.69) is 20.9 Å². The molecule has 1 aliphatic carbocycles. The summed E-state index contributed by atoms with van der Waals surface area (Å²) in [6.45, 7) is 0. The lowest BCUT2D eigenvalue weighted by atomic mass is 9.85. The molecule has 0 saturated carbocycles. The lowest BCUT2D eigenvalue weighted by molar-refractivity contribution is 0.104. The molecule has 0 radical (unpaired) electrons. The van der Waals surface area contributed by atoms with Gasteiger partial charge in [-0.15, -0.1) is 0 Å². The van der Waals surface area contributed by atoms with Gasteiger partial charge >= 0.3 is 0 Å². The van der Waals surface area contributed by atoms with Crippen LogP contribution in [0.1, 0.15) is 15.9 Å². The fraction of sp³-hybridized carbons (Fsp3) is 0.0588.